The molecule has 0 aromatic heterocycles. The van der Waals surface area contributed by atoms with Crippen molar-refractivity contribution in [3.63, 3.8) is 0 Å². The third-order valence-electron chi connectivity index (χ3n) is 6.26. The zero-order valence-corrected chi connectivity index (χ0v) is 16.6. The van der Waals surface area contributed by atoms with E-state index in [0.717, 1.165) is 12.0 Å². The predicted molar refractivity (Wildman–Crippen MR) is 109 cm³/mol. The van der Waals surface area contributed by atoms with Crippen LogP contribution in [-0.2, 0) is 19.6 Å². The lowest BCUT2D eigenvalue weighted by Crippen LogP contribution is -2.32. The largest absolute Gasteiger partial charge is 0.279 e. The number of anilines is 2. The van der Waals surface area contributed by atoms with Crippen molar-refractivity contribution in [3.05, 3.63) is 66.2 Å². The SMILES string of the molecule is Cc1ccccc1NS(=O)(=O)c1ccc(N2C(=O)[C@@H]3[C@@H]4C=CC(C4)[C@@H]3C2=O)cc1. The highest BCUT2D eigenvalue weighted by molar-refractivity contribution is 7.92. The van der Waals surface area contributed by atoms with Gasteiger partial charge >= 0.3 is 0 Å². The summed E-state index contributed by atoms with van der Waals surface area (Å²) in [4.78, 5) is 27.1. The Morgan fingerprint density at radius 1 is 0.897 bits per heavy atom. The molecular formula is C22H20N2O4S. The van der Waals surface area contributed by atoms with Crippen LogP contribution in [0, 0.1) is 30.6 Å². The summed E-state index contributed by atoms with van der Waals surface area (Å²) >= 11 is 0. The van der Waals surface area contributed by atoms with Crippen LogP contribution >= 0.6 is 0 Å². The summed E-state index contributed by atoms with van der Waals surface area (Å²) in [6.07, 6.45) is 4.98. The maximum Gasteiger partial charge on any atom is 0.261 e. The van der Waals surface area contributed by atoms with Gasteiger partial charge in [-0.2, -0.15) is 0 Å². The number of imide groups is 1. The highest BCUT2D eigenvalue weighted by Gasteiger charge is 2.59. The molecule has 1 N–H and O–H groups in total. The molecule has 1 aliphatic heterocycles. The summed E-state index contributed by atoms with van der Waals surface area (Å²) in [6, 6.07) is 13.0. The smallest absolute Gasteiger partial charge is 0.261 e. The van der Waals surface area contributed by atoms with Gasteiger partial charge in [-0.05, 0) is 61.1 Å². The molecule has 4 atom stereocenters. The van der Waals surface area contributed by atoms with Gasteiger partial charge in [-0.15, -0.1) is 0 Å². The van der Waals surface area contributed by atoms with E-state index in [9.17, 15) is 18.0 Å². The quantitative estimate of drug-likeness (QED) is 0.622. The van der Waals surface area contributed by atoms with Crippen molar-refractivity contribution in [3.8, 4) is 0 Å². The Morgan fingerprint density at radius 2 is 1.48 bits per heavy atom. The molecule has 29 heavy (non-hydrogen) atoms. The molecule has 1 saturated heterocycles. The normalized spacial score (nSPS) is 27.6. The molecular weight excluding hydrogens is 388 g/mol. The Hall–Kier alpha value is -2.93. The molecule has 7 heteroatoms. The van der Waals surface area contributed by atoms with Gasteiger partial charge in [0.2, 0.25) is 11.8 Å². The van der Waals surface area contributed by atoms with Crippen LogP contribution in [0.5, 0.6) is 0 Å². The Bertz CT molecular complexity index is 1120. The van der Waals surface area contributed by atoms with E-state index in [-0.39, 0.29) is 40.4 Å². The molecule has 1 unspecified atom stereocenters. The molecule has 5 rings (SSSR count). The lowest BCUT2D eigenvalue weighted by atomic mass is 9.85. The van der Waals surface area contributed by atoms with Crippen molar-refractivity contribution >= 4 is 33.2 Å². The fourth-order valence-electron chi connectivity index (χ4n) is 4.82. The average Bonchev–Trinajstić information content (AvgIpc) is 3.38. The topological polar surface area (TPSA) is 83.6 Å². The summed E-state index contributed by atoms with van der Waals surface area (Å²) in [5.41, 5.74) is 1.75. The molecule has 2 aromatic rings. The number of sulfonamides is 1. The van der Waals surface area contributed by atoms with Gasteiger partial charge < -0.3 is 0 Å². The molecule has 2 aliphatic carbocycles. The molecule has 2 fully saturated rings. The predicted octanol–water partition coefficient (Wildman–Crippen LogP) is 3.11. The number of hydrogen-bond acceptors (Lipinski definition) is 4. The maximum atomic E-state index is 12.9. The second kappa shape index (κ2) is 6.29. The first-order valence-corrected chi connectivity index (χ1v) is 11.1. The minimum absolute atomic E-state index is 0.0746. The molecule has 0 spiro atoms. The zero-order valence-electron chi connectivity index (χ0n) is 15.8. The van der Waals surface area contributed by atoms with Gasteiger partial charge in [-0.1, -0.05) is 30.4 Å². The summed E-state index contributed by atoms with van der Waals surface area (Å²) in [5, 5.41) is 0. The van der Waals surface area contributed by atoms with Crippen molar-refractivity contribution in [2.75, 3.05) is 9.62 Å². The highest BCUT2D eigenvalue weighted by atomic mass is 32.2. The van der Waals surface area contributed by atoms with Gasteiger partial charge in [-0.3, -0.25) is 19.2 Å². The van der Waals surface area contributed by atoms with Gasteiger partial charge in [0.1, 0.15) is 0 Å². The van der Waals surface area contributed by atoms with E-state index in [1.165, 1.54) is 29.2 Å². The average molecular weight is 408 g/mol. The Morgan fingerprint density at radius 3 is 2.07 bits per heavy atom. The minimum Gasteiger partial charge on any atom is -0.279 e. The number of para-hydroxylation sites is 1. The van der Waals surface area contributed by atoms with Crippen molar-refractivity contribution < 1.29 is 18.0 Å². The molecule has 2 amide bonds. The van der Waals surface area contributed by atoms with E-state index in [1.807, 2.05) is 31.2 Å². The Labute approximate surface area is 169 Å². The third-order valence-corrected chi connectivity index (χ3v) is 7.65. The van der Waals surface area contributed by atoms with E-state index >= 15 is 0 Å². The molecule has 6 nitrogen and oxygen atoms in total. The molecule has 2 aromatic carbocycles. The van der Waals surface area contributed by atoms with Crippen LogP contribution in [0.2, 0.25) is 0 Å². The second-order valence-corrected chi connectivity index (χ2v) is 9.61. The summed E-state index contributed by atoms with van der Waals surface area (Å²) in [5.74, 6) is -0.614. The number of allylic oxidation sites excluding steroid dienone is 2. The fourth-order valence-corrected chi connectivity index (χ4v) is 5.95. The van der Waals surface area contributed by atoms with Gasteiger partial charge in [0.05, 0.1) is 28.1 Å². The molecule has 2 bridgehead atoms. The van der Waals surface area contributed by atoms with Crippen LogP contribution in [-0.4, -0.2) is 20.2 Å². The number of amides is 2. The van der Waals surface area contributed by atoms with Crippen LogP contribution in [0.3, 0.4) is 0 Å². The molecule has 1 saturated carbocycles. The first kappa shape index (κ1) is 18.1. The first-order valence-electron chi connectivity index (χ1n) is 9.61. The van der Waals surface area contributed by atoms with Crippen molar-refractivity contribution in [2.24, 2.45) is 23.7 Å². The third kappa shape index (κ3) is 2.72. The maximum absolute atomic E-state index is 12.9. The number of benzene rings is 2. The first-order chi connectivity index (χ1) is 13.9. The fraction of sp³-hybridized carbons (Fsp3) is 0.273. The van der Waals surface area contributed by atoms with E-state index in [1.54, 1.807) is 12.1 Å². The minimum atomic E-state index is -3.77. The van der Waals surface area contributed by atoms with Crippen LogP contribution in [0.15, 0.2) is 65.6 Å². The number of aryl methyl sites for hydroxylation is 1. The zero-order chi connectivity index (χ0) is 20.3. The van der Waals surface area contributed by atoms with Crippen LogP contribution in [0.1, 0.15) is 12.0 Å². The number of nitrogens with zero attached hydrogens (tertiary/aromatic N) is 1. The Balaban J connectivity index is 1.40. The van der Waals surface area contributed by atoms with Crippen molar-refractivity contribution in [2.45, 2.75) is 18.2 Å². The van der Waals surface area contributed by atoms with E-state index in [0.29, 0.717) is 11.4 Å². The Kier molecular flexibility index (Phi) is 3.93. The van der Waals surface area contributed by atoms with Gasteiger partial charge in [0.25, 0.3) is 10.0 Å². The molecule has 148 valence electrons. The molecule has 1 heterocycles. The van der Waals surface area contributed by atoms with Crippen molar-refractivity contribution in [1.29, 1.82) is 0 Å². The number of nitrogens with one attached hydrogen (secondary N) is 1. The lowest BCUT2D eigenvalue weighted by Gasteiger charge is -2.18. The standard InChI is InChI=1S/C22H20N2O4S/c1-13-4-2-3-5-18(13)23-29(27,28)17-10-8-16(9-11-17)24-21(25)19-14-6-7-15(12-14)20(19)22(24)26/h2-11,14-15,19-20,23H,12H2,1H3/t14-,15?,19-,20+/m1/s1. The number of rotatable bonds is 4. The van der Waals surface area contributed by atoms with E-state index in [4.69, 9.17) is 0 Å². The van der Waals surface area contributed by atoms with Gasteiger partial charge in [-0.25, -0.2) is 8.42 Å². The van der Waals surface area contributed by atoms with E-state index < -0.39 is 10.0 Å². The van der Waals surface area contributed by atoms with Gasteiger partial charge in [0.15, 0.2) is 0 Å². The summed E-state index contributed by atoms with van der Waals surface area (Å²) in [6.45, 7) is 1.82. The summed E-state index contributed by atoms with van der Waals surface area (Å²) in [7, 11) is -3.77. The number of hydrogen-bond donors (Lipinski definition) is 1. The monoisotopic (exact) mass is 408 g/mol. The summed E-state index contributed by atoms with van der Waals surface area (Å²) < 4.78 is 28.0. The lowest BCUT2D eigenvalue weighted by molar-refractivity contribution is -0.123. The van der Waals surface area contributed by atoms with Gasteiger partial charge in [0, 0.05) is 0 Å². The van der Waals surface area contributed by atoms with Crippen LogP contribution in [0.4, 0.5) is 11.4 Å². The number of carbonyl (C=O) groups is 2. The number of carbonyl (C=O) groups excluding carboxylic acids is 2. The van der Waals surface area contributed by atoms with Crippen molar-refractivity contribution in [1.82, 2.24) is 0 Å². The second-order valence-electron chi connectivity index (χ2n) is 7.93. The molecule has 0 radical (unpaired) electrons. The van der Waals surface area contributed by atoms with E-state index in [2.05, 4.69) is 4.72 Å². The van der Waals surface area contributed by atoms with Crippen LogP contribution < -0.4 is 9.62 Å². The highest BCUT2D eigenvalue weighted by Crippen LogP contribution is 2.53. The molecule has 3 aliphatic rings. The number of fused-ring (bicyclic) bond motifs is 5. The van der Waals surface area contributed by atoms with Crippen LogP contribution in [0.25, 0.3) is 0 Å².